The second kappa shape index (κ2) is 2.69. The summed E-state index contributed by atoms with van der Waals surface area (Å²) in [6, 6.07) is 7.23. The van der Waals surface area contributed by atoms with Crippen LogP contribution in [0.2, 0.25) is 0 Å². The monoisotopic (exact) mass is 163 g/mol. The van der Waals surface area contributed by atoms with E-state index in [2.05, 4.69) is 4.99 Å². The molecule has 0 fully saturated rings. The molecular formula is C9H9NO2. The second-order valence-electron chi connectivity index (χ2n) is 2.77. The molecular weight excluding hydrogens is 154 g/mol. The van der Waals surface area contributed by atoms with E-state index in [0.717, 1.165) is 5.69 Å². The molecule has 0 spiro atoms. The summed E-state index contributed by atoms with van der Waals surface area (Å²) in [5.74, 6) is 0. The van der Waals surface area contributed by atoms with Crippen LogP contribution in [0.15, 0.2) is 29.3 Å². The van der Waals surface area contributed by atoms with E-state index in [1.165, 1.54) is 6.21 Å². The van der Waals surface area contributed by atoms with Crippen molar-refractivity contribution < 1.29 is 10.2 Å². The summed E-state index contributed by atoms with van der Waals surface area (Å²) >= 11 is 0. The van der Waals surface area contributed by atoms with Crippen molar-refractivity contribution in [2.45, 2.75) is 12.2 Å². The first kappa shape index (κ1) is 7.46. The van der Waals surface area contributed by atoms with Gasteiger partial charge in [-0.2, -0.15) is 0 Å². The van der Waals surface area contributed by atoms with Crippen LogP contribution in [0.4, 0.5) is 5.69 Å². The molecule has 0 radical (unpaired) electrons. The molecule has 3 nitrogen and oxygen atoms in total. The second-order valence-corrected chi connectivity index (χ2v) is 2.77. The van der Waals surface area contributed by atoms with Gasteiger partial charge in [0.1, 0.15) is 12.2 Å². The minimum Gasteiger partial charge on any atom is -0.385 e. The van der Waals surface area contributed by atoms with E-state index in [1.807, 2.05) is 12.1 Å². The number of rotatable bonds is 0. The first-order valence-electron chi connectivity index (χ1n) is 3.78. The maximum atomic E-state index is 9.49. The predicted molar refractivity (Wildman–Crippen MR) is 45.6 cm³/mol. The Hall–Kier alpha value is -1.19. The van der Waals surface area contributed by atoms with Crippen LogP contribution >= 0.6 is 0 Å². The average Bonchev–Trinajstić information content (AvgIpc) is 2.12. The smallest absolute Gasteiger partial charge is 0.119 e. The fourth-order valence-corrected chi connectivity index (χ4v) is 1.28. The van der Waals surface area contributed by atoms with Crippen LogP contribution in [0.1, 0.15) is 11.7 Å². The molecule has 0 aliphatic carbocycles. The molecule has 0 aromatic heterocycles. The van der Waals surface area contributed by atoms with Gasteiger partial charge in [0.25, 0.3) is 0 Å². The van der Waals surface area contributed by atoms with Gasteiger partial charge >= 0.3 is 0 Å². The molecule has 0 saturated carbocycles. The molecule has 12 heavy (non-hydrogen) atoms. The van der Waals surface area contributed by atoms with Crippen molar-refractivity contribution in [3.63, 3.8) is 0 Å². The maximum absolute atomic E-state index is 9.49. The quantitative estimate of drug-likeness (QED) is 0.594. The molecule has 2 N–H and O–H groups in total. The lowest BCUT2D eigenvalue weighted by molar-refractivity contribution is 0.0613. The number of hydrogen-bond acceptors (Lipinski definition) is 3. The molecule has 62 valence electrons. The van der Waals surface area contributed by atoms with Gasteiger partial charge in [-0.15, -0.1) is 0 Å². The Morgan fingerprint density at radius 2 is 1.92 bits per heavy atom. The molecule has 0 unspecified atom stereocenters. The van der Waals surface area contributed by atoms with E-state index in [-0.39, 0.29) is 0 Å². The first-order chi connectivity index (χ1) is 5.79. The van der Waals surface area contributed by atoms with Crippen molar-refractivity contribution >= 4 is 11.9 Å². The average molecular weight is 163 g/mol. The standard InChI is InChI=1S/C9H9NO2/c11-8-5-10-7-4-2-1-3-6(7)9(8)12/h1-5,8-9,11-12H/t8-,9+/m1/s1. The normalized spacial score (nSPS) is 26.8. The lowest BCUT2D eigenvalue weighted by Crippen LogP contribution is -2.22. The van der Waals surface area contributed by atoms with Gasteiger partial charge in [-0.25, -0.2) is 0 Å². The van der Waals surface area contributed by atoms with E-state index < -0.39 is 12.2 Å². The van der Waals surface area contributed by atoms with Crippen molar-refractivity contribution in [2.24, 2.45) is 4.99 Å². The van der Waals surface area contributed by atoms with Crippen molar-refractivity contribution in [3.8, 4) is 0 Å². The van der Waals surface area contributed by atoms with Crippen LogP contribution in [0.3, 0.4) is 0 Å². The summed E-state index contributed by atoms with van der Waals surface area (Å²) < 4.78 is 0. The Labute approximate surface area is 70.0 Å². The highest BCUT2D eigenvalue weighted by Gasteiger charge is 2.22. The molecule has 1 aliphatic heterocycles. The Balaban J connectivity index is 2.52. The third-order valence-electron chi connectivity index (χ3n) is 1.95. The predicted octanol–water partition coefficient (Wildman–Crippen LogP) is 0.797. The SMILES string of the molecule is O[C@@H]1C=Nc2ccccc2[C@@H]1O. The summed E-state index contributed by atoms with van der Waals surface area (Å²) in [7, 11) is 0. The molecule has 0 bridgehead atoms. The van der Waals surface area contributed by atoms with Crippen LogP contribution in [0.5, 0.6) is 0 Å². The molecule has 1 aromatic rings. The largest absolute Gasteiger partial charge is 0.385 e. The summed E-state index contributed by atoms with van der Waals surface area (Å²) in [6.45, 7) is 0. The molecule has 1 aliphatic rings. The van der Waals surface area contributed by atoms with E-state index in [1.54, 1.807) is 12.1 Å². The van der Waals surface area contributed by atoms with Crippen LogP contribution in [-0.4, -0.2) is 22.5 Å². The van der Waals surface area contributed by atoms with Crippen molar-refractivity contribution in [3.05, 3.63) is 29.8 Å². The Morgan fingerprint density at radius 3 is 2.75 bits per heavy atom. The van der Waals surface area contributed by atoms with Gasteiger partial charge in [-0.1, -0.05) is 18.2 Å². The molecule has 0 saturated heterocycles. The number of para-hydroxylation sites is 1. The molecule has 1 heterocycles. The van der Waals surface area contributed by atoms with Crippen molar-refractivity contribution in [1.29, 1.82) is 0 Å². The highest BCUT2D eigenvalue weighted by Crippen LogP contribution is 2.30. The zero-order valence-electron chi connectivity index (χ0n) is 6.38. The van der Waals surface area contributed by atoms with Gasteiger partial charge in [0, 0.05) is 11.8 Å². The zero-order chi connectivity index (χ0) is 8.55. The Kier molecular flexibility index (Phi) is 1.67. The number of hydrogen-bond donors (Lipinski definition) is 2. The van der Waals surface area contributed by atoms with Crippen LogP contribution in [0, 0.1) is 0 Å². The van der Waals surface area contributed by atoms with Crippen molar-refractivity contribution in [1.82, 2.24) is 0 Å². The third-order valence-corrected chi connectivity index (χ3v) is 1.95. The van der Waals surface area contributed by atoms with Gasteiger partial charge in [0.2, 0.25) is 0 Å². The summed E-state index contributed by atoms with van der Waals surface area (Å²) in [5.41, 5.74) is 1.42. The summed E-state index contributed by atoms with van der Waals surface area (Å²) in [5, 5.41) is 18.7. The number of aliphatic hydroxyl groups excluding tert-OH is 2. The molecule has 2 atom stereocenters. The number of benzene rings is 1. The highest BCUT2D eigenvalue weighted by molar-refractivity contribution is 5.73. The first-order valence-corrected chi connectivity index (χ1v) is 3.78. The minimum absolute atomic E-state index is 0.688. The van der Waals surface area contributed by atoms with Gasteiger partial charge < -0.3 is 10.2 Å². The minimum atomic E-state index is -0.875. The molecule has 0 amide bonds. The fourth-order valence-electron chi connectivity index (χ4n) is 1.28. The van der Waals surface area contributed by atoms with Gasteiger partial charge in [0.15, 0.2) is 0 Å². The molecule has 3 heteroatoms. The lowest BCUT2D eigenvalue weighted by Gasteiger charge is -2.20. The topological polar surface area (TPSA) is 52.8 Å². The zero-order valence-corrected chi connectivity index (χ0v) is 6.38. The van der Waals surface area contributed by atoms with E-state index in [0.29, 0.717) is 5.56 Å². The highest BCUT2D eigenvalue weighted by atomic mass is 16.3. The third kappa shape index (κ3) is 1.03. The summed E-state index contributed by atoms with van der Waals surface area (Å²) in [6.07, 6.45) is -0.355. The van der Waals surface area contributed by atoms with E-state index in [9.17, 15) is 10.2 Å². The Morgan fingerprint density at radius 1 is 1.17 bits per heavy atom. The maximum Gasteiger partial charge on any atom is 0.119 e. The Bertz CT molecular complexity index is 322. The molecule has 1 aromatic carbocycles. The molecule has 2 rings (SSSR count). The summed E-state index contributed by atoms with van der Waals surface area (Å²) in [4.78, 5) is 3.99. The van der Waals surface area contributed by atoms with Gasteiger partial charge in [0.05, 0.1) is 5.69 Å². The lowest BCUT2D eigenvalue weighted by atomic mass is 10.0. The fraction of sp³-hybridized carbons (Fsp3) is 0.222. The number of nitrogens with zero attached hydrogens (tertiary/aromatic N) is 1. The van der Waals surface area contributed by atoms with E-state index >= 15 is 0 Å². The van der Waals surface area contributed by atoms with Gasteiger partial charge in [-0.3, -0.25) is 4.99 Å². The van der Waals surface area contributed by atoms with Gasteiger partial charge in [-0.05, 0) is 6.07 Å². The van der Waals surface area contributed by atoms with Crippen LogP contribution < -0.4 is 0 Å². The number of fused-ring (bicyclic) bond motifs is 1. The van der Waals surface area contributed by atoms with Crippen molar-refractivity contribution in [2.75, 3.05) is 0 Å². The van der Waals surface area contributed by atoms with Crippen LogP contribution in [0.25, 0.3) is 0 Å². The number of aliphatic hydroxyl groups is 2. The van der Waals surface area contributed by atoms with Crippen LogP contribution in [-0.2, 0) is 0 Å². The van der Waals surface area contributed by atoms with E-state index in [4.69, 9.17) is 0 Å². The number of aliphatic imine (C=N–C) groups is 1.